The van der Waals surface area contributed by atoms with E-state index < -0.39 is 5.60 Å². The fourth-order valence-corrected chi connectivity index (χ4v) is 2.62. The molecule has 0 aliphatic rings. The lowest BCUT2D eigenvalue weighted by atomic mass is 9.98. The molecule has 0 saturated heterocycles. The predicted octanol–water partition coefficient (Wildman–Crippen LogP) is 2.79. The van der Waals surface area contributed by atoms with Gasteiger partial charge in [0.25, 0.3) is 0 Å². The molecule has 0 fully saturated rings. The van der Waals surface area contributed by atoms with Crippen LogP contribution in [0.15, 0.2) is 5.38 Å². The molecule has 21 heavy (non-hydrogen) atoms. The largest absolute Gasteiger partial charge is 0.388 e. The summed E-state index contributed by atoms with van der Waals surface area (Å²) in [5, 5.41) is 18.6. The Morgan fingerprint density at radius 1 is 1.29 bits per heavy atom. The van der Waals surface area contributed by atoms with Gasteiger partial charge < -0.3 is 15.7 Å². The molecule has 0 spiro atoms. The zero-order chi connectivity index (χ0) is 16.1. The van der Waals surface area contributed by atoms with Crippen LogP contribution in [0.5, 0.6) is 0 Å². The van der Waals surface area contributed by atoms with Gasteiger partial charge in [-0.3, -0.25) is 0 Å². The summed E-state index contributed by atoms with van der Waals surface area (Å²) in [6, 6.07) is -0.277. The Morgan fingerprint density at radius 2 is 1.90 bits per heavy atom. The first-order chi connectivity index (χ1) is 9.70. The molecule has 0 radical (unpaired) electrons. The Kier molecular flexibility index (Phi) is 6.16. The van der Waals surface area contributed by atoms with Crippen molar-refractivity contribution in [3.8, 4) is 0 Å². The minimum atomic E-state index is -0.822. The summed E-state index contributed by atoms with van der Waals surface area (Å²) in [4.78, 5) is 16.3. The van der Waals surface area contributed by atoms with E-state index in [0.717, 1.165) is 10.7 Å². The molecule has 0 aromatic carbocycles. The van der Waals surface area contributed by atoms with Crippen molar-refractivity contribution < 1.29 is 9.90 Å². The molecular weight excluding hydrogens is 286 g/mol. The SMILES string of the molecule is CCC(O)(CC)CNC(=O)NCc1csc(C(C)(C)C)n1. The van der Waals surface area contributed by atoms with Gasteiger partial charge in [-0.05, 0) is 12.8 Å². The third-order valence-electron chi connectivity index (χ3n) is 3.52. The van der Waals surface area contributed by atoms with Gasteiger partial charge in [0.05, 0.1) is 22.8 Å². The van der Waals surface area contributed by atoms with Crippen LogP contribution in [0.25, 0.3) is 0 Å². The standard InChI is InChI=1S/C15H27N3O2S/c1-6-15(20,7-2)10-17-13(19)16-8-11-9-21-12(18-11)14(3,4)5/h9,20H,6-8,10H2,1-5H3,(H2,16,17,19). The average Bonchev–Trinajstić information content (AvgIpc) is 2.91. The molecule has 0 aliphatic carbocycles. The van der Waals surface area contributed by atoms with Crippen molar-refractivity contribution in [2.75, 3.05) is 6.54 Å². The molecule has 0 unspecified atom stereocenters. The van der Waals surface area contributed by atoms with Crippen LogP contribution in [0.2, 0.25) is 0 Å². The van der Waals surface area contributed by atoms with Crippen LogP contribution in [0.3, 0.4) is 0 Å². The molecule has 2 amide bonds. The Morgan fingerprint density at radius 3 is 2.38 bits per heavy atom. The second-order valence-corrected chi connectivity index (χ2v) is 7.22. The lowest BCUT2D eigenvalue weighted by Gasteiger charge is -2.25. The number of carbonyl (C=O) groups excluding carboxylic acids is 1. The summed E-state index contributed by atoms with van der Waals surface area (Å²) in [7, 11) is 0. The molecule has 1 heterocycles. The van der Waals surface area contributed by atoms with Gasteiger partial charge in [-0.1, -0.05) is 34.6 Å². The number of carbonyl (C=O) groups is 1. The smallest absolute Gasteiger partial charge is 0.315 e. The van der Waals surface area contributed by atoms with E-state index in [1.165, 1.54) is 0 Å². The molecule has 0 aliphatic heterocycles. The van der Waals surface area contributed by atoms with Crippen molar-refractivity contribution in [1.82, 2.24) is 15.6 Å². The Labute approximate surface area is 131 Å². The van der Waals surface area contributed by atoms with Gasteiger partial charge in [0, 0.05) is 17.3 Å². The second kappa shape index (κ2) is 7.22. The molecule has 5 nitrogen and oxygen atoms in total. The summed E-state index contributed by atoms with van der Waals surface area (Å²) in [5.41, 5.74) is 0.0720. The van der Waals surface area contributed by atoms with Crippen molar-refractivity contribution in [3.63, 3.8) is 0 Å². The first-order valence-electron chi connectivity index (χ1n) is 7.39. The minimum Gasteiger partial charge on any atom is -0.388 e. The fourth-order valence-electron chi connectivity index (χ4n) is 1.71. The van der Waals surface area contributed by atoms with E-state index in [2.05, 4.69) is 36.4 Å². The van der Waals surface area contributed by atoms with Crippen LogP contribution in [-0.2, 0) is 12.0 Å². The lowest BCUT2D eigenvalue weighted by molar-refractivity contribution is 0.0349. The van der Waals surface area contributed by atoms with Gasteiger partial charge in [0.2, 0.25) is 0 Å². The van der Waals surface area contributed by atoms with Crippen molar-refractivity contribution in [2.45, 2.75) is 65.0 Å². The first-order valence-corrected chi connectivity index (χ1v) is 8.27. The number of hydrogen-bond acceptors (Lipinski definition) is 4. The predicted molar refractivity (Wildman–Crippen MR) is 86.6 cm³/mol. The van der Waals surface area contributed by atoms with Crippen LogP contribution in [0.1, 0.15) is 58.2 Å². The molecule has 0 bridgehead atoms. The highest BCUT2D eigenvalue weighted by Crippen LogP contribution is 2.25. The summed E-state index contributed by atoms with van der Waals surface area (Å²) in [6.45, 7) is 10.8. The number of amides is 2. The molecule has 0 saturated carbocycles. The lowest BCUT2D eigenvalue weighted by Crippen LogP contribution is -2.45. The fraction of sp³-hybridized carbons (Fsp3) is 0.733. The molecule has 1 aromatic heterocycles. The van der Waals surface area contributed by atoms with Crippen LogP contribution in [-0.4, -0.2) is 28.3 Å². The number of nitrogens with zero attached hydrogens (tertiary/aromatic N) is 1. The highest BCUT2D eigenvalue weighted by molar-refractivity contribution is 7.09. The molecule has 3 N–H and O–H groups in total. The quantitative estimate of drug-likeness (QED) is 0.756. The highest BCUT2D eigenvalue weighted by atomic mass is 32.1. The van der Waals surface area contributed by atoms with Crippen LogP contribution in [0.4, 0.5) is 4.79 Å². The van der Waals surface area contributed by atoms with E-state index in [-0.39, 0.29) is 18.0 Å². The number of nitrogens with one attached hydrogen (secondary N) is 2. The Bertz CT molecular complexity index is 462. The number of hydrogen-bond donors (Lipinski definition) is 3. The summed E-state index contributed by atoms with van der Waals surface area (Å²) >= 11 is 1.61. The normalized spacial score (nSPS) is 12.3. The van der Waals surface area contributed by atoms with Crippen LogP contribution in [0, 0.1) is 0 Å². The van der Waals surface area contributed by atoms with Crippen LogP contribution >= 0.6 is 11.3 Å². The number of urea groups is 1. The van der Waals surface area contributed by atoms with E-state index in [0.29, 0.717) is 19.4 Å². The van der Waals surface area contributed by atoms with Gasteiger partial charge in [0.1, 0.15) is 0 Å². The zero-order valence-electron chi connectivity index (χ0n) is 13.6. The van der Waals surface area contributed by atoms with Crippen molar-refractivity contribution in [3.05, 3.63) is 16.1 Å². The maximum atomic E-state index is 11.7. The second-order valence-electron chi connectivity index (χ2n) is 6.36. The van der Waals surface area contributed by atoms with Crippen LogP contribution < -0.4 is 10.6 Å². The first kappa shape index (κ1) is 17.9. The third-order valence-corrected chi connectivity index (χ3v) is 4.83. The van der Waals surface area contributed by atoms with E-state index in [1.54, 1.807) is 11.3 Å². The van der Waals surface area contributed by atoms with Crippen molar-refractivity contribution in [1.29, 1.82) is 0 Å². The van der Waals surface area contributed by atoms with Gasteiger partial charge in [0.15, 0.2) is 0 Å². The van der Waals surface area contributed by atoms with E-state index in [4.69, 9.17) is 0 Å². The van der Waals surface area contributed by atoms with Gasteiger partial charge in [-0.25, -0.2) is 9.78 Å². The van der Waals surface area contributed by atoms with Crippen molar-refractivity contribution in [2.24, 2.45) is 0 Å². The third kappa shape index (κ3) is 5.63. The monoisotopic (exact) mass is 313 g/mol. The maximum absolute atomic E-state index is 11.7. The number of aromatic nitrogens is 1. The number of aliphatic hydroxyl groups is 1. The Hall–Kier alpha value is -1.14. The maximum Gasteiger partial charge on any atom is 0.315 e. The molecule has 1 rings (SSSR count). The van der Waals surface area contributed by atoms with E-state index in [9.17, 15) is 9.90 Å². The van der Waals surface area contributed by atoms with Crippen molar-refractivity contribution >= 4 is 17.4 Å². The average molecular weight is 313 g/mol. The van der Waals surface area contributed by atoms with Gasteiger partial charge in [-0.15, -0.1) is 11.3 Å². The van der Waals surface area contributed by atoms with E-state index >= 15 is 0 Å². The van der Waals surface area contributed by atoms with Gasteiger partial charge in [-0.2, -0.15) is 0 Å². The highest BCUT2D eigenvalue weighted by Gasteiger charge is 2.22. The number of rotatable bonds is 6. The topological polar surface area (TPSA) is 74.2 Å². The minimum absolute atomic E-state index is 0.0317. The number of thiazole rings is 1. The summed E-state index contributed by atoms with van der Waals surface area (Å²) in [5.74, 6) is 0. The molecule has 1 aromatic rings. The van der Waals surface area contributed by atoms with Gasteiger partial charge >= 0.3 is 6.03 Å². The molecular formula is C15H27N3O2S. The summed E-state index contributed by atoms with van der Waals surface area (Å²) in [6.07, 6.45) is 1.23. The molecule has 120 valence electrons. The summed E-state index contributed by atoms with van der Waals surface area (Å²) < 4.78 is 0. The molecule has 6 heteroatoms. The zero-order valence-corrected chi connectivity index (χ0v) is 14.4. The Balaban J connectivity index is 2.42. The van der Waals surface area contributed by atoms with E-state index in [1.807, 2.05) is 19.2 Å². The molecule has 0 atom stereocenters.